The maximum Gasteiger partial charge on any atom is 0.0596 e. The Morgan fingerprint density at radius 3 is 2.00 bits per heavy atom. The fraction of sp³-hybridized carbons (Fsp3) is 1.00. The molecule has 46 valence electrons. The van der Waals surface area contributed by atoms with E-state index in [-0.39, 0.29) is 6.10 Å². The first-order valence-corrected chi connectivity index (χ1v) is 3.56. The molecule has 2 bridgehead atoms. The summed E-state index contributed by atoms with van der Waals surface area (Å²) in [6, 6.07) is 0. The van der Waals surface area contributed by atoms with Crippen molar-refractivity contribution in [2.24, 2.45) is 11.8 Å². The molecule has 0 amide bonds. The van der Waals surface area contributed by atoms with Crippen molar-refractivity contribution in [2.45, 2.75) is 31.8 Å². The summed E-state index contributed by atoms with van der Waals surface area (Å²) in [5, 5.41) is 9.23. The molecule has 0 aromatic carbocycles. The molecular formula is C7H12O. The van der Waals surface area contributed by atoms with Gasteiger partial charge in [-0.3, -0.25) is 0 Å². The van der Waals surface area contributed by atoms with Crippen molar-refractivity contribution in [3.05, 3.63) is 0 Å². The van der Waals surface area contributed by atoms with E-state index in [2.05, 4.69) is 0 Å². The Kier molecular flexibility index (Phi) is 0.884. The van der Waals surface area contributed by atoms with Crippen LogP contribution >= 0.6 is 0 Å². The Morgan fingerprint density at radius 1 is 1.12 bits per heavy atom. The largest absolute Gasteiger partial charge is 0.393 e. The van der Waals surface area contributed by atoms with E-state index in [0.717, 1.165) is 0 Å². The average Bonchev–Trinajstić information content (AvgIpc) is 1.89. The topological polar surface area (TPSA) is 20.2 Å². The third kappa shape index (κ3) is 0.455. The fourth-order valence-corrected chi connectivity index (χ4v) is 2.08. The van der Waals surface area contributed by atoms with Crippen LogP contribution in [-0.4, -0.2) is 11.2 Å². The van der Waals surface area contributed by atoms with Crippen LogP contribution in [0.1, 0.15) is 25.7 Å². The van der Waals surface area contributed by atoms with Gasteiger partial charge in [0.2, 0.25) is 0 Å². The van der Waals surface area contributed by atoms with Crippen molar-refractivity contribution in [3.63, 3.8) is 0 Å². The Morgan fingerprint density at radius 2 is 1.75 bits per heavy atom. The predicted molar refractivity (Wildman–Crippen MR) is 31.5 cm³/mol. The fourth-order valence-electron chi connectivity index (χ4n) is 2.08. The van der Waals surface area contributed by atoms with Crippen molar-refractivity contribution in [1.82, 2.24) is 0 Å². The molecule has 0 aromatic rings. The second-order valence-electron chi connectivity index (χ2n) is 3.18. The molecule has 8 heavy (non-hydrogen) atoms. The highest BCUT2D eigenvalue weighted by atomic mass is 16.3. The quantitative estimate of drug-likeness (QED) is 0.498. The van der Waals surface area contributed by atoms with Gasteiger partial charge in [0.15, 0.2) is 0 Å². The first-order valence-electron chi connectivity index (χ1n) is 3.56. The van der Waals surface area contributed by atoms with Crippen LogP contribution in [0.4, 0.5) is 0 Å². The van der Waals surface area contributed by atoms with Crippen LogP contribution in [-0.2, 0) is 0 Å². The van der Waals surface area contributed by atoms with Gasteiger partial charge in [0.05, 0.1) is 6.10 Å². The molecule has 3 aliphatic rings. The van der Waals surface area contributed by atoms with Gasteiger partial charge < -0.3 is 5.11 Å². The van der Waals surface area contributed by atoms with E-state index in [1.807, 2.05) is 0 Å². The van der Waals surface area contributed by atoms with Crippen LogP contribution in [0.5, 0.6) is 0 Å². The van der Waals surface area contributed by atoms with E-state index < -0.39 is 0 Å². The van der Waals surface area contributed by atoms with Crippen LogP contribution in [0.3, 0.4) is 0 Å². The average molecular weight is 112 g/mol. The second kappa shape index (κ2) is 1.47. The number of aliphatic hydroxyl groups is 1. The van der Waals surface area contributed by atoms with Crippen molar-refractivity contribution in [3.8, 4) is 0 Å². The molecule has 1 nitrogen and oxygen atoms in total. The number of hydrogen-bond acceptors (Lipinski definition) is 1. The SMILES string of the molecule is OC1C2CCCC1C2. The summed E-state index contributed by atoms with van der Waals surface area (Å²) in [4.78, 5) is 0. The van der Waals surface area contributed by atoms with Gasteiger partial charge in [-0.25, -0.2) is 0 Å². The van der Waals surface area contributed by atoms with Gasteiger partial charge in [-0.15, -0.1) is 0 Å². The van der Waals surface area contributed by atoms with E-state index in [1.165, 1.54) is 25.7 Å². The minimum Gasteiger partial charge on any atom is -0.393 e. The summed E-state index contributed by atoms with van der Waals surface area (Å²) in [5.74, 6) is 1.41. The zero-order valence-corrected chi connectivity index (χ0v) is 5.01. The molecule has 0 aromatic heterocycles. The summed E-state index contributed by atoms with van der Waals surface area (Å²) in [6.07, 6.45) is 5.37. The van der Waals surface area contributed by atoms with Crippen LogP contribution in [0.15, 0.2) is 0 Å². The van der Waals surface area contributed by atoms with Crippen molar-refractivity contribution >= 4 is 0 Å². The van der Waals surface area contributed by atoms with Gasteiger partial charge in [-0.05, 0) is 31.1 Å². The molecule has 2 unspecified atom stereocenters. The molecule has 3 aliphatic carbocycles. The van der Waals surface area contributed by atoms with Crippen LogP contribution in [0, 0.1) is 11.8 Å². The Bertz CT molecular complexity index is 86.6. The highest BCUT2D eigenvalue weighted by Crippen LogP contribution is 2.45. The van der Waals surface area contributed by atoms with Gasteiger partial charge in [0.1, 0.15) is 0 Å². The lowest BCUT2D eigenvalue weighted by Crippen LogP contribution is -2.45. The monoisotopic (exact) mass is 112 g/mol. The molecule has 0 saturated heterocycles. The molecule has 0 heterocycles. The molecule has 0 aliphatic heterocycles. The highest BCUT2D eigenvalue weighted by Gasteiger charge is 2.41. The lowest BCUT2D eigenvalue weighted by atomic mass is 9.63. The molecule has 2 atom stereocenters. The van der Waals surface area contributed by atoms with Crippen LogP contribution in [0.2, 0.25) is 0 Å². The zero-order valence-electron chi connectivity index (χ0n) is 5.01. The van der Waals surface area contributed by atoms with Crippen molar-refractivity contribution < 1.29 is 5.11 Å². The summed E-state index contributed by atoms with van der Waals surface area (Å²) >= 11 is 0. The van der Waals surface area contributed by atoms with E-state index in [4.69, 9.17) is 0 Å². The lowest BCUT2D eigenvalue weighted by Gasteiger charge is -2.46. The Balaban J connectivity index is 2.03. The van der Waals surface area contributed by atoms with Crippen molar-refractivity contribution in [1.29, 1.82) is 0 Å². The molecule has 0 radical (unpaired) electrons. The first-order chi connectivity index (χ1) is 3.88. The third-order valence-corrected chi connectivity index (χ3v) is 2.72. The van der Waals surface area contributed by atoms with Crippen LogP contribution in [0.25, 0.3) is 0 Å². The van der Waals surface area contributed by atoms with Gasteiger partial charge in [-0.1, -0.05) is 6.42 Å². The Labute approximate surface area is 49.7 Å². The molecule has 1 heteroatoms. The third-order valence-electron chi connectivity index (χ3n) is 2.72. The van der Waals surface area contributed by atoms with Gasteiger partial charge >= 0.3 is 0 Å². The van der Waals surface area contributed by atoms with Crippen molar-refractivity contribution in [2.75, 3.05) is 0 Å². The summed E-state index contributed by atoms with van der Waals surface area (Å²) in [7, 11) is 0. The molecule has 3 saturated carbocycles. The standard InChI is InChI=1S/C7H12O/c8-7-5-2-1-3-6(7)4-5/h5-8H,1-4H2. The summed E-state index contributed by atoms with van der Waals surface area (Å²) in [5.41, 5.74) is 0. The number of aliphatic hydroxyl groups excluding tert-OH is 1. The van der Waals surface area contributed by atoms with Gasteiger partial charge in [0, 0.05) is 0 Å². The number of rotatable bonds is 0. The minimum absolute atomic E-state index is 0.101. The number of fused-ring (bicyclic) bond motifs is 2. The number of hydrogen-bond donors (Lipinski definition) is 1. The van der Waals surface area contributed by atoms with Gasteiger partial charge in [-0.2, -0.15) is 0 Å². The van der Waals surface area contributed by atoms with Crippen LogP contribution < -0.4 is 0 Å². The molecule has 3 fully saturated rings. The van der Waals surface area contributed by atoms with E-state index in [9.17, 15) is 5.11 Å². The minimum atomic E-state index is 0.101. The molecule has 0 spiro atoms. The summed E-state index contributed by atoms with van der Waals surface area (Å²) < 4.78 is 0. The first kappa shape index (κ1) is 4.80. The molecular weight excluding hydrogens is 100 g/mol. The van der Waals surface area contributed by atoms with E-state index in [1.54, 1.807) is 0 Å². The lowest BCUT2D eigenvalue weighted by molar-refractivity contribution is -0.0749. The maximum absolute atomic E-state index is 9.23. The molecule has 3 rings (SSSR count). The van der Waals surface area contributed by atoms with E-state index >= 15 is 0 Å². The zero-order chi connectivity index (χ0) is 5.56. The summed E-state index contributed by atoms with van der Waals surface area (Å²) in [6.45, 7) is 0. The van der Waals surface area contributed by atoms with Gasteiger partial charge in [0.25, 0.3) is 0 Å². The highest BCUT2D eigenvalue weighted by molar-refractivity contribution is 4.92. The normalized spacial score (nSPS) is 52.9. The maximum atomic E-state index is 9.23. The molecule has 1 N–H and O–H groups in total. The smallest absolute Gasteiger partial charge is 0.0596 e. The predicted octanol–water partition coefficient (Wildman–Crippen LogP) is 1.17. The van der Waals surface area contributed by atoms with E-state index in [0.29, 0.717) is 11.8 Å². The second-order valence-corrected chi connectivity index (χ2v) is 3.18. The Hall–Kier alpha value is -0.0400.